The minimum atomic E-state index is 1.23. The molecule has 0 heterocycles. The van der Waals surface area contributed by atoms with Crippen LogP contribution in [0.25, 0.3) is 0 Å². The summed E-state index contributed by atoms with van der Waals surface area (Å²) in [5, 5.41) is 0. The summed E-state index contributed by atoms with van der Waals surface area (Å²) in [7, 11) is 0. The predicted molar refractivity (Wildman–Crippen MR) is 84.4 cm³/mol. The molecule has 0 atom stereocenters. The van der Waals surface area contributed by atoms with Crippen molar-refractivity contribution in [1.82, 2.24) is 0 Å². The van der Waals surface area contributed by atoms with Gasteiger partial charge in [-0.15, -0.1) is 0 Å². The second-order valence-corrected chi connectivity index (χ2v) is 5.32. The largest absolute Gasteiger partial charge is 0.0864 e. The third kappa shape index (κ3) is 14.2. The second kappa shape index (κ2) is 15.2. The molecular formula is C15H27I. The van der Waals surface area contributed by atoms with Crippen LogP contribution in [0.1, 0.15) is 64.7 Å². The van der Waals surface area contributed by atoms with E-state index in [1.165, 1.54) is 62.2 Å². The molecule has 0 N–H and O–H groups in total. The number of hydrogen-bond donors (Lipinski definition) is 0. The van der Waals surface area contributed by atoms with E-state index >= 15 is 0 Å². The van der Waals surface area contributed by atoms with Crippen molar-refractivity contribution in [2.24, 2.45) is 0 Å². The molecule has 1 heteroatoms. The minimum absolute atomic E-state index is 1.23. The van der Waals surface area contributed by atoms with Gasteiger partial charge in [-0.3, -0.25) is 0 Å². The van der Waals surface area contributed by atoms with Gasteiger partial charge in [-0.25, -0.2) is 0 Å². The number of rotatable bonds is 11. The maximum atomic E-state index is 2.46. The average Bonchev–Trinajstić information content (AvgIpc) is 2.31. The van der Waals surface area contributed by atoms with Crippen LogP contribution in [0.4, 0.5) is 0 Å². The van der Waals surface area contributed by atoms with Crippen LogP contribution in [0.5, 0.6) is 0 Å². The molecular weight excluding hydrogens is 307 g/mol. The van der Waals surface area contributed by atoms with Crippen molar-refractivity contribution in [2.45, 2.75) is 64.7 Å². The fourth-order valence-corrected chi connectivity index (χ4v) is 2.10. The highest BCUT2D eigenvalue weighted by Crippen LogP contribution is 2.07. The van der Waals surface area contributed by atoms with Gasteiger partial charge in [-0.1, -0.05) is 85.9 Å². The average molecular weight is 334 g/mol. The number of unbranched alkanes of at least 4 members (excludes halogenated alkanes) is 7. The van der Waals surface area contributed by atoms with Crippen LogP contribution in [0.3, 0.4) is 0 Å². The minimum Gasteiger partial charge on any atom is -0.0864 e. The second-order valence-electron chi connectivity index (χ2n) is 4.24. The summed E-state index contributed by atoms with van der Waals surface area (Å²) < 4.78 is 1.32. The summed E-state index contributed by atoms with van der Waals surface area (Å²) in [6, 6.07) is 0. The summed E-state index contributed by atoms with van der Waals surface area (Å²) in [5.41, 5.74) is 0. The Balaban J connectivity index is 3.12. The van der Waals surface area contributed by atoms with E-state index in [9.17, 15) is 0 Å². The van der Waals surface area contributed by atoms with Crippen molar-refractivity contribution in [3.8, 4) is 0 Å². The third-order valence-electron chi connectivity index (χ3n) is 2.61. The van der Waals surface area contributed by atoms with Crippen LogP contribution in [0, 0.1) is 0 Å². The molecule has 94 valence electrons. The van der Waals surface area contributed by atoms with Gasteiger partial charge in [0.25, 0.3) is 0 Å². The lowest BCUT2D eigenvalue weighted by Gasteiger charge is -1.96. The van der Waals surface area contributed by atoms with Gasteiger partial charge >= 0.3 is 0 Å². The van der Waals surface area contributed by atoms with Crippen molar-refractivity contribution in [3.63, 3.8) is 0 Å². The Bertz CT molecular complexity index is 170. The van der Waals surface area contributed by atoms with E-state index in [0.717, 1.165) is 0 Å². The molecule has 0 saturated heterocycles. The highest BCUT2D eigenvalue weighted by atomic mass is 127. The first kappa shape index (κ1) is 16.2. The van der Waals surface area contributed by atoms with Gasteiger partial charge in [0.15, 0.2) is 0 Å². The van der Waals surface area contributed by atoms with Crippen molar-refractivity contribution in [2.75, 3.05) is 4.43 Å². The summed E-state index contributed by atoms with van der Waals surface area (Å²) in [6.45, 7) is 2.24. The van der Waals surface area contributed by atoms with Crippen LogP contribution in [-0.2, 0) is 0 Å². The fourth-order valence-electron chi connectivity index (χ4n) is 1.56. The zero-order valence-electron chi connectivity index (χ0n) is 10.8. The Kier molecular flexibility index (Phi) is 15.4. The highest BCUT2D eigenvalue weighted by Gasteiger charge is 1.87. The number of halogens is 1. The van der Waals surface area contributed by atoms with Crippen LogP contribution in [0.2, 0.25) is 0 Å². The summed E-state index contributed by atoms with van der Waals surface area (Å²) in [6.07, 6.45) is 21.1. The van der Waals surface area contributed by atoms with E-state index in [-0.39, 0.29) is 0 Å². The Hall–Kier alpha value is 0.210. The van der Waals surface area contributed by atoms with Gasteiger partial charge in [0.2, 0.25) is 0 Å². The lowest BCUT2D eigenvalue weighted by atomic mass is 10.1. The lowest BCUT2D eigenvalue weighted by Crippen LogP contribution is -1.78. The molecule has 0 bridgehead atoms. The zero-order chi connectivity index (χ0) is 11.9. The van der Waals surface area contributed by atoms with Crippen molar-refractivity contribution in [3.05, 3.63) is 24.3 Å². The molecule has 0 aromatic carbocycles. The van der Waals surface area contributed by atoms with E-state index in [0.29, 0.717) is 0 Å². The molecule has 0 aliphatic carbocycles. The number of allylic oxidation sites excluding steroid dienone is 4. The molecule has 0 unspecified atom stereocenters. The van der Waals surface area contributed by atoms with Crippen molar-refractivity contribution < 1.29 is 0 Å². The molecule has 0 spiro atoms. The summed E-state index contributed by atoms with van der Waals surface area (Å²) in [4.78, 5) is 0. The molecule has 0 aromatic rings. The van der Waals surface area contributed by atoms with Gasteiger partial charge in [0, 0.05) is 0 Å². The predicted octanol–water partition coefficient (Wildman–Crippen LogP) is 6.06. The van der Waals surface area contributed by atoms with Crippen molar-refractivity contribution in [1.29, 1.82) is 0 Å². The lowest BCUT2D eigenvalue weighted by molar-refractivity contribution is 0.642. The molecule has 0 radical (unpaired) electrons. The van der Waals surface area contributed by atoms with Gasteiger partial charge in [0.05, 0.1) is 0 Å². The van der Waals surface area contributed by atoms with Gasteiger partial charge in [-0.05, 0) is 30.1 Å². The molecule has 0 nitrogen and oxygen atoms in total. The quantitative estimate of drug-likeness (QED) is 0.186. The smallest absolute Gasteiger partial charge is 0.000473 e. The first-order chi connectivity index (χ1) is 7.91. The van der Waals surface area contributed by atoms with E-state index in [4.69, 9.17) is 0 Å². The topological polar surface area (TPSA) is 0 Å². The van der Waals surface area contributed by atoms with Crippen LogP contribution < -0.4 is 0 Å². The summed E-state index contributed by atoms with van der Waals surface area (Å²) >= 11 is 2.46. The maximum absolute atomic E-state index is 2.46. The Labute approximate surface area is 116 Å². The Morgan fingerprint density at radius 1 is 0.750 bits per heavy atom. The third-order valence-corrected chi connectivity index (χ3v) is 3.37. The Morgan fingerprint density at radius 3 is 1.94 bits per heavy atom. The monoisotopic (exact) mass is 334 g/mol. The number of hydrogen-bond acceptors (Lipinski definition) is 0. The molecule has 0 aliphatic heterocycles. The van der Waals surface area contributed by atoms with Crippen LogP contribution in [-0.4, -0.2) is 4.43 Å². The van der Waals surface area contributed by atoms with Crippen molar-refractivity contribution >= 4 is 22.6 Å². The van der Waals surface area contributed by atoms with Crippen LogP contribution >= 0.6 is 22.6 Å². The summed E-state index contributed by atoms with van der Waals surface area (Å²) in [5.74, 6) is 0. The molecule has 0 aliphatic rings. The van der Waals surface area contributed by atoms with Crippen LogP contribution in [0.15, 0.2) is 24.3 Å². The molecule has 0 amide bonds. The molecule has 0 fully saturated rings. The van der Waals surface area contributed by atoms with E-state index in [1.807, 2.05) is 0 Å². The highest BCUT2D eigenvalue weighted by molar-refractivity contribution is 14.1. The standard InChI is InChI=1S/C15H27I/c1-2-3-4-5-6-7-8-9-10-11-12-13-14-15-16/h5-8H,2-4,9-15H2,1H3/b6-5+,8-7+. The first-order valence-electron chi connectivity index (χ1n) is 6.79. The fraction of sp³-hybridized carbons (Fsp3) is 0.733. The van der Waals surface area contributed by atoms with Gasteiger partial charge < -0.3 is 0 Å². The first-order valence-corrected chi connectivity index (χ1v) is 8.32. The molecule has 0 saturated carbocycles. The van der Waals surface area contributed by atoms with E-state index in [2.05, 4.69) is 53.8 Å². The molecule has 0 rings (SSSR count). The number of alkyl halides is 1. The van der Waals surface area contributed by atoms with Gasteiger partial charge in [-0.2, -0.15) is 0 Å². The van der Waals surface area contributed by atoms with E-state index < -0.39 is 0 Å². The van der Waals surface area contributed by atoms with Gasteiger partial charge in [0.1, 0.15) is 0 Å². The maximum Gasteiger partial charge on any atom is -0.000473 e. The SMILES string of the molecule is CCCC/C=C/C=C/CCCCCCCI. The zero-order valence-corrected chi connectivity index (χ0v) is 12.9. The Morgan fingerprint density at radius 2 is 1.31 bits per heavy atom. The molecule has 0 aromatic heterocycles. The van der Waals surface area contributed by atoms with E-state index in [1.54, 1.807) is 0 Å². The molecule has 16 heavy (non-hydrogen) atoms. The normalized spacial score (nSPS) is 11.9.